The van der Waals surface area contributed by atoms with Gasteiger partial charge in [0.25, 0.3) is 0 Å². The third kappa shape index (κ3) is 2.37. The van der Waals surface area contributed by atoms with Crippen LogP contribution in [0.1, 0.15) is 19.8 Å². The highest BCUT2D eigenvalue weighted by molar-refractivity contribution is 8.14. The van der Waals surface area contributed by atoms with Gasteiger partial charge in [-0.2, -0.15) is 0 Å². The summed E-state index contributed by atoms with van der Waals surface area (Å²) in [6.45, 7) is 3.40. The van der Waals surface area contributed by atoms with Crippen molar-refractivity contribution in [3.05, 3.63) is 0 Å². The molecule has 7 heteroatoms. The van der Waals surface area contributed by atoms with Gasteiger partial charge in [0.1, 0.15) is 23.7 Å². The van der Waals surface area contributed by atoms with E-state index in [0.29, 0.717) is 0 Å². The summed E-state index contributed by atoms with van der Waals surface area (Å²) in [7, 11) is 0. The smallest absolute Gasteiger partial charge is 0.162 e. The first-order chi connectivity index (χ1) is 9.08. The molecule has 108 valence electrons. The van der Waals surface area contributed by atoms with Crippen LogP contribution in [0.4, 0.5) is 4.39 Å². The number of fused-ring (bicyclic) bond motifs is 1. The summed E-state index contributed by atoms with van der Waals surface area (Å²) in [4.78, 5) is 6.52. The Morgan fingerprint density at radius 2 is 2.16 bits per heavy atom. The number of rotatable bonds is 1. The van der Waals surface area contributed by atoms with E-state index in [1.54, 1.807) is 0 Å². The van der Waals surface area contributed by atoms with Crippen LogP contribution in [-0.2, 0) is 4.74 Å². The summed E-state index contributed by atoms with van der Waals surface area (Å²) < 4.78 is 19.8. The number of halogens is 1. The normalized spacial score (nSPS) is 44.1. The van der Waals surface area contributed by atoms with Crippen molar-refractivity contribution in [3.63, 3.8) is 0 Å². The van der Waals surface area contributed by atoms with Gasteiger partial charge in [-0.25, -0.2) is 4.39 Å². The maximum absolute atomic E-state index is 14.2. The maximum atomic E-state index is 14.2. The molecule has 6 atom stereocenters. The quantitative estimate of drug-likeness (QED) is 0.730. The number of hydrogen-bond donors (Lipinski definition) is 2. The molecule has 0 amide bonds. The summed E-state index contributed by atoms with van der Waals surface area (Å²) in [5.74, 6) is 0. The van der Waals surface area contributed by atoms with Gasteiger partial charge >= 0.3 is 0 Å². The van der Waals surface area contributed by atoms with Crippen molar-refractivity contribution in [1.29, 1.82) is 0 Å². The Balaban J connectivity index is 1.75. The lowest BCUT2D eigenvalue weighted by Crippen LogP contribution is -2.56. The predicted molar refractivity (Wildman–Crippen MR) is 70.9 cm³/mol. The molecular weight excluding hydrogens is 271 g/mol. The van der Waals surface area contributed by atoms with E-state index in [4.69, 9.17) is 4.74 Å². The SMILES string of the molecule is C[C@H](O)[C@H]1O[C@@H]2SC(N3CCCC3)=NC2C(F)[C@@H]1O. The first-order valence-corrected chi connectivity index (χ1v) is 7.61. The molecule has 0 saturated carbocycles. The summed E-state index contributed by atoms with van der Waals surface area (Å²) in [5.41, 5.74) is -0.436. The van der Waals surface area contributed by atoms with Crippen molar-refractivity contribution in [2.45, 2.75) is 55.7 Å². The molecule has 0 spiro atoms. The summed E-state index contributed by atoms with van der Waals surface area (Å²) in [5, 5.41) is 20.2. The molecule has 0 aliphatic carbocycles. The molecular formula is C12H19FN2O3S. The van der Waals surface area contributed by atoms with Crippen LogP contribution in [0.5, 0.6) is 0 Å². The fourth-order valence-electron chi connectivity index (χ4n) is 2.80. The van der Waals surface area contributed by atoms with E-state index in [1.807, 2.05) is 0 Å². The molecule has 2 saturated heterocycles. The van der Waals surface area contributed by atoms with E-state index in [2.05, 4.69) is 9.89 Å². The average Bonchev–Trinajstić information content (AvgIpc) is 3.01. The van der Waals surface area contributed by atoms with Crippen molar-refractivity contribution in [1.82, 2.24) is 4.90 Å². The van der Waals surface area contributed by atoms with Crippen molar-refractivity contribution < 1.29 is 19.3 Å². The Morgan fingerprint density at radius 3 is 2.79 bits per heavy atom. The van der Waals surface area contributed by atoms with Gasteiger partial charge in [0, 0.05) is 13.1 Å². The Bertz CT molecular complexity index is 376. The largest absolute Gasteiger partial charge is 0.391 e. The number of ether oxygens (including phenoxy) is 1. The van der Waals surface area contributed by atoms with Crippen LogP contribution in [0.2, 0.25) is 0 Å². The summed E-state index contributed by atoms with van der Waals surface area (Å²) >= 11 is 1.41. The minimum atomic E-state index is -1.48. The van der Waals surface area contributed by atoms with Gasteiger partial charge in [-0.15, -0.1) is 0 Å². The standard InChI is InChI=1S/C12H19FN2O3S/c1-6(16)10-9(17)7(13)8-11(18-10)19-12(14-8)15-4-2-3-5-15/h6-11,16-17H,2-5H2,1H3/t6-,7?,8?,9-,10+,11+/m0/s1. The molecule has 0 aromatic carbocycles. The number of likely N-dealkylation sites (tertiary alicyclic amines) is 1. The van der Waals surface area contributed by atoms with Crippen LogP contribution in [0.15, 0.2) is 4.99 Å². The first-order valence-electron chi connectivity index (χ1n) is 6.73. The summed E-state index contributed by atoms with van der Waals surface area (Å²) in [6, 6.07) is -0.661. The zero-order valence-electron chi connectivity index (χ0n) is 10.8. The highest BCUT2D eigenvalue weighted by Crippen LogP contribution is 2.39. The first kappa shape index (κ1) is 13.6. The van der Waals surface area contributed by atoms with Crippen LogP contribution >= 0.6 is 11.8 Å². The summed E-state index contributed by atoms with van der Waals surface area (Å²) in [6.07, 6.45) is -2.31. The number of amidine groups is 1. The second-order valence-electron chi connectivity index (χ2n) is 5.36. The molecule has 19 heavy (non-hydrogen) atoms. The molecule has 5 nitrogen and oxygen atoms in total. The third-order valence-corrected chi connectivity index (χ3v) is 5.09. The third-order valence-electron chi connectivity index (χ3n) is 3.89. The van der Waals surface area contributed by atoms with Gasteiger partial charge in [-0.3, -0.25) is 4.99 Å². The fraction of sp³-hybridized carbons (Fsp3) is 0.917. The highest BCUT2D eigenvalue weighted by Gasteiger charge is 2.51. The molecule has 3 aliphatic rings. The van der Waals surface area contributed by atoms with Gasteiger partial charge in [-0.05, 0) is 19.8 Å². The second-order valence-corrected chi connectivity index (χ2v) is 6.42. The molecule has 0 bridgehead atoms. The van der Waals surface area contributed by atoms with Crippen LogP contribution in [0.3, 0.4) is 0 Å². The van der Waals surface area contributed by atoms with Crippen LogP contribution in [0.25, 0.3) is 0 Å². The molecule has 3 rings (SSSR count). The van der Waals surface area contributed by atoms with E-state index in [0.717, 1.165) is 31.1 Å². The molecule has 2 unspecified atom stereocenters. The van der Waals surface area contributed by atoms with E-state index in [-0.39, 0.29) is 0 Å². The maximum Gasteiger partial charge on any atom is 0.162 e. The number of hydrogen-bond acceptors (Lipinski definition) is 6. The Morgan fingerprint density at radius 1 is 1.47 bits per heavy atom. The Kier molecular flexibility index (Phi) is 3.72. The number of nitrogens with zero attached hydrogens (tertiary/aromatic N) is 2. The minimum absolute atomic E-state index is 0.436. The van der Waals surface area contributed by atoms with Crippen LogP contribution in [-0.4, -0.2) is 69.3 Å². The number of aliphatic imine (C=N–C) groups is 1. The van der Waals surface area contributed by atoms with Gasteiger partial charge in [-0.1, -0.05) is 11.8 Å². The van der Waals surface area contributed by atoms with Gasteiger partial charge < -0.3 is 19.8 Å². The lowest BCUT2D eigenvalue weighted by atomic mass is 9.97. The van der Waals surface area contributed by atoms with Gasteiger partial charge in [0.15, 0.2) is 11.3 Å². The van der Waals surface area contributed by atoms with E-state index >= 15 is 0 Å². The van der Waals surface area contributed by atoms with Crippen LogP contribution < -0.4 is 0 Å². The molecule has 2 fully saturated rings. The van der Waals surface area contributed by atoms with E-state index in [9.17, 15) is 14.6 Å². The fourth-order valence-corrected chi connectivity index (χ4v) is 4.06. The van der Waals surface area contributed by atoms with Gasteiger partial charge in [0.05, 0.1) is 6.10 Å². The van der Waals surface area contributed by atoms with E-state index in [1.165, 1.54) is 18.7 Å². The molecule has 2 N–H and O–H groups in total. The van der Waals surface area contributed by atoms with Crippen molar-refractivity contribution in [2.75, 3.05) is 13.1 Å². The molecule has 3 heterocycles. The Labute approximate surface area is 115 Å². The molecule has 0 aromatic rings. The lowest BCUT2D eigenvalue weighted by molar-refractivity contribution is -0.165. The van der Waals surface area contributed by atoms with Gasteiger partial charge in [0.2, 0.25) is 0 Å². The topological polar surface area (TPSA) is 65.3 Å². The molecule has 3 aliphatic heterocycles. The van der Waals surface area contributed by atoms with Crippen molar-refractivity contribution in [2.24, 2.45) is 4.99 Å². The number of aliphatic hydroxyl groups excluding tert-OH is 2. The molecule has 0 radical (unpaired) electrons. The lowest BCUT2D eigenvalue weighted by Gasteiger charge is -2.38. The highest BCUT2D eigenvalue weighted by atomic mass is 32.2. The van der Waals surface area contributed by atoms with Crippen molar-refractivity contribution in [3.8, 4) is 0 Å². The number of thioether (sulfide) groups is 1. The zero-order valence-corrected chi connectivity index (χ0v) is 11.6. The predicted octanol–water partition coefficient (Wildman–Crippen LogP) is 0.358. The number of aliphatic hydroxyl groups is 2. The monoisotopic (exact) mass is 290 g/mol. The zero-order chi connectivity index (χ0) is 13.6. The second kappa shape index (κ2) is 5.20. The van der Waals surface area contributed by atoms with Crippen molar-refractivity contribution >= 4 is 16.9 Å². The number of alkyl halides is 1. The van der Waals surface area contributed by atoms with Crippen LogP contribution in [0, 0.1) is 0 Å². The molecule has 0 aromatic heterocycles. The van der Waals surface area contributed by atoms with E-state index < -0.39 is 36.0 Å². The minimum Gasteiger partial charge on any atom is -0.391 e. The average molecular weight is 290 g/mol. The Hall–Kier alpha value is -0.370.